The van der Waals surface area contributed by atoms with Crippen molar-refractivity contribution in [2.45, 2.75) is 12.2 Å². The van der Waals surface area contributed by atoms with Crippen molar-refractivity contribution in [3.8, 4) is 10.6 Å². The highest BCUT2D eigenvalue weighted by Gasteiger charge is 2.42. The fraction of sp³-hybridized carbons (Fsp3) is 0.125. The fourth-order valence-electron chi connectivity index (χ4n) is 2.10. The van der Waals surface area contributed by atoms with Gasteiger partial charge in [-0.25, -0.2) is 4.98 Å². The molecule has 0 aliphatic heterocycles. The normalized spacial score (nSPS) is 12.8. The molecule has 0 aliphatic carbocycles. The predicted octanol–water partition coefficient (Wildman–Crippen LogP) is 4.91. The van der Waals surface area contributed by atoms with Crippen molar-refractivity contribution in [2.24, 2.45) is 0 Å². The number of hydrogen-bond donors (Lipinski definition) is 1. The molecule has 24 heavy (non-hydrogen) atoms. The number of carbonyl (C=O) groups excluding carboxylic acids is 1. The summed E-state index contributed by atoms with van der Waals surface area (Å²) >= 11 is 2.70. The van der Waals surface area contributed by atoms with Crippen LogP contribution in [-0.2, 0) is 0 Å². The Labute approximate surface area is 143 Å². The number of hydrogen-bond acceptors (Lipinski definition) is 4. The summed E-state index contributed by atoms with van der Waals surface area (Å²) in [5, 5.41) is 7.82. The molecule has 1 atom stereocenters. The number of thiophene rings is 1. The third kappa shape index (κ3) is 3.65. The Bertz CT molecular complexity index is 813. The van der Waals surface area contributed by atoms with Gasteiger partial charge in [0.15, 0.2) is 6.04 Å². The molecule has 0 fully saturated rings. The fourth-order valence-corrected chi connectivity index (χ4v) is 3.61. The third-order valence-electron chi connectivity index (χ3n) is 3.24. The van der Waals surface area contributed by atoms with E-state index in [2.05, 4.69) is 4.98 Å². The molecule has 0 radical (unpaired) electrons. The molecule has 0 saturated heterocycles. The SMILES string of the molecule is O=C(NC(c1ccccc1)C(F)(F)F)c1csc(-c2ccsc2)n1. The molecule has 0 aliphatic rings. The molecule has 1 N–H and O–H groups in total. The Kier molecular flexibility index (Phi) is 4.68. The molecule has 0 saturated carbocycles. The molecule has 2 heterocycles. The van der Waals surface area contributed by atoms with Crippen LogP contribution in [0.5, 0.6) is 0 Å². The number of nitrogens with one attached hydrogen (secondary N) is 1. The topological polar surface area (TPSA) is 42.0 Å². The van der Waals surface area contributed by atoms with Crippen LogP contribution < -0.4 is 5.32 Å². The van der Waals surface area contributed by atoms with E-state index in [1.165, 1.54) is 52.3 Å². The minimum absolute atomic E-state index is 0.0216. The summed E-state index contributed by atoms with van der Waals surface area (Å²) in [5.74, 6) is -0.848. The molecule has 1 amide bonds. The Morgan fingerprint density at radius 1 is 1.12 bits per heavy atom. The summed E-state index contributed by atoms with van der Waals surface area (Å²) < 4.78 is 39.8. The lowest BCUT2D eigenvalue weighted by molar-refractivity contribution is -0.155. The predicted molar refractivity (Wildman–Crippen MR) is 88.1 cm³/mol. The largest absolute Gasteiger partial charge is 0.412 e. The van der Waals surface area contributed by atoms with Crippen LogP contribution >= 0.6 is 22.7 Å². The number of benzene rings is 1. The molecular formula is C16H11F3N2OS2. The molecular weight excluding hydrogens is 357 g/mol. The molecule has 124 valence electrons. The molecule has 8 heteroatoms. The summed E-state index contributed by atoms with van der Waals surface area (Å²) in [7, 11) is 0. The lowest BCUT2D eigenvalue weighted by Gasteiger charge is -2.21. The quantitative estimate of drug-likeness (QED) is 0.711. The van der Waals surface area contributed by atoms with Crippen molar-refractivity contribution in [1.82, 2.24) is 10.3 Å². The second kappa shape index (κ2) is 6.74. The Morgan fingerprint density at radius 2 is 1.88 bits per heavy atom. The second-order valence-corrected chi connectivity index (χ2v) is 6.55. The zero-order valence-electron chi connectivity index (χ0n) is 12.1. The van der Waals surface area contributed by atoms with Crippen LogP contribution in [0.15, 0.2) is 52.5 Å². The van der Waals surface area contributed by atoms with E-state index in [9.17, 15) is 18.0 Å². The number of rotatable bonds is 4. The summed E-state index contributed by atoms with van der Waals surface area (Å²) in [6.07, 6.45) is -4.59. The number of alkyl halides is 3. The number of halogens is 3. The Balaban J connectivity index is 1.82. The van der Waals surface area contributed by atoms with E-state index < -0.39 is 18.1 Å². The van der Waals surface area contributed by atoms with Crippen molar-refractivity contribution in [1.29, 1.82) is 0 Å². The van der Waals surface area contributed by atoms with E-state index in [4.69, 9.17) is 0 Å². The minimum Gasteiger partial charge on any atom is -0.335 e. The average Bonchev–Trinajstić information content (AvgIpc) is 3.22. The van der Waals surface area contributed by atoms with Crippen LogP contribution in [0.1, 0.15) is 22.1 Å². The highest BCUT2D eigenvalue weighted by molar-refractivity contribution is 7.14. The van der Waals surface area contributed by atoms with Crippen LogP contribution in [0.2, 0.25) is 0 Å². The lowest BCUT2D eigenvalue weighted by atomic mass is 10.1. The van der Waals surface area contributed by atoms with Crippen molar-refractivity contribution in [2.75, 3.05) is 0 Å². The highest BCUT2D eigenvalue weighted by Crippen LogP contribution is 2.33. The van der Waals surface area contributed by atoms with Gasteiger partial charge >= 0.3 is 6.18 Å². The first-order valence-corrected chi connectivity index (χ1v) is 8.68. The van der Waals surface area contributed by atoms with Crippen LogP contribution in [0, 0.1) is 0 Å². The summed E-state index contributed by atoms with van der Waals surface area (Å²) in [6, 6.07) is 7.04. The smallest absolute Gasteiger partial charge is 0.335 e. The van der Waals surface area contributed by atoms with Gasteiger partial charge in [-0.1, -0.05) is 30.3 Å². The van der Waals surface area contributed by atoms with Gasteiger partial charge in [-0.2, -0.15) is 24.5 Å². The van der Waals surface area contributed by atoms with Crippen LogP contribution in [0.4, 0.5) is 13.2 Å². The highest BCUT2D eigenvalue weighted by atomic mass is 32.1. The maximum atomic E-state index is 13.3. The van der Waals surface area contributed by atoms with Crippen LogP contribution in [0.25, 0.3) is 10.6 Å². The number of nitrogens with zero attached hydrogens (tertiary/aromatic N) is 1. The standard InChI is InChI=1S/C16H11F3N2OS2/c17-16(18,19)13(10-4-2-1-3-5-10)21-14(22)12-9-24-15(20-12)11-6-7-23-8-11/h1-9,13H,(H,21,22). The van der Waals surface area contributed by atoms with Gasteiger partial charge < -0.3 is 5.32 Å². The van der Waals surface area contributed by atoms with Crippen molar-refractivity contribution >= 4 is 28.6 Å². The van der Waals surface area contributed by atoms with Gasteiger partial charge in [0, 0.05) is 16.3 Å². The van der Waals surface area contributed by atoms with E-state index in [0.29, 0.717) is 5.01 Å². The first-order chi connectivity index (χ1) is 11.4. The van der Waals surface area contributed by atoms with Crippen molar-refractivity contribution in [3.05, 3.63) is 63.8 Å². The van der Waals surface area contributed by atoms with Gasteiger partial charge in [-0.05, 0) is 17.0 Å². The summed E-state index contributed by atoms with van der Waals surface area (Å²) in [4.78, 5) is 16.3. The molecule has 1 unspecified atom stereocenters. The van der Waals surface area contributed by atoms with Crippen molar-refractivity contribution < 1.29 is 18.0 Å². The number of aromatic nitrogens is 1. The molecule has 3 nitrogen and oxygen atoms in total. The van der Waals surface area contributed by atoms with Gasteiger partial charge in [-0.3, -0.25) is 4.79 Å². The Morgan fingerprint density at radius 3 is 2.50 bits per heavy atom. The molecule has 3 aromatic rings. The van der Waals surface area contributed by atoms with Gasteiger partial charge in [0.05, 0.1) is 0 Å². The van der Waals surface area contributed by atoms with E-state index in [1.54, 1.807) is 6.07 Å². The van der Waals surface area contributed by atoms with E-state index >= 15 is 0 Å². The number of thiazole rings is 1. The molecule has 1 aromatic carbocycles. The zero-order valence-corrected chi connectivity index (χ0v) is 13.7. The van der Waals surface area contributed by atoms with Crippen LogP contribution in [-0.4, -0.2) is 17.1 Å². The first-order valence-electron chi connectivity index (χ1n) is 6.86. The molecule has 3 rings (SSSR count). The number of amides is 1. The Hall–Kier alpha value is -2.19. The summed E-state index contributed by atoms with van der Waals surface area (Å²) in [6.45, 7) is 0. The molecule has 0 bridgehead atoms. The van der Waals surface area contributed by atoms with Gasteiger partial charge in [0.1, 0.15) is 10.7 Å². The zero-order chi connectivity index (χ0) is 17.2. The summed E-state index contributed by atoms with van der Waals surface area (Å²) in [5.41, 5.74) is 0.803. The van der Waals surface area contributed by atoms with Crippen molar-refractivity contribution in [3.63, 3.8) is 0 Å². The minimum atomic E-state index is -4.59. The van der Waals surface area contributed by atoms with Gasteiger partial charge in [0.25, 0.3) is 5.91 Å². The van der Waals surface area contributed by atoms with E-state index in [0.717, 1.165) is 5.56 Å². The van der Waals surface area contributed by atoms with E-state index in [-0.39, 0.29) is 11.3 Å². The lowest BCUT2D eigenvalue weighted by Crippen LogP contribution is -2.38. The first kappa shape index (κ1) is 16.7. The van der Waals surface area contributed by atoms with Crippen LogP contribution in [0.3, 0.4) is 0 Å². The number of carbonyl (C=O) groups is 1. The maximum Gasteiger partial charge on any atom is 0.412 e. The van der Waals surface area contributed by atoms with E-state index in [1.807, 2.05) is 22.1 Å². The second-order valence-electron chi connectivity index (χ2n) is 4.91. The monoisotopic (exact) mass is 368 g/mol. The van der Waals surface area contributed by atoms with Gasteiger partial charge in [-0.15, -0.1) is 11.3 Å². The van der Waals surface area contributed by atoms with Gasteiger partial charge in [0.2, 0.25) is 0 Å². The average molecular weight is 368 g/mol. The maximum absolute atomic E-state index is 13.3. The third-order valence-corrected chi connectivity index (χ3v) is 4.82. The molecule has 0 spiro atoms. The molecule has 2 aromatic heterocycles.